The number of hydrogen-bond donors (Lipinski definition) is 2. The average molecular weight is 363 g/mol. The van der Waals surface area contributed by atoms with Crippen LogP contribution < -0.4 is 10.6 Å². The van der Waals surface area contributed by atoms with Crippen molar-refractivity contribution < 1.29 is 9.21 Å². The van der Waals surface area contributed by atoms with Gasteiger partial charge in [0.15, 0.2) is 5.58 Å². The lowest BCUT2D eigenvalue weighted by atomic mass is 10.3. The standard InChI is InChI=1S/C10H9Br2N3O2/c1-2-13-9(16)15-10-14-7-4-5(11)3-6(12)8(7)17-10/h3-4H,2H2,1H3,(H2,13,14,15,16). The van der Waals surface area contributed by atoms with Gasteiger partial charge >= 0.3 is 12.0 Å². The molecule has 1 heterocycles. The van der Waals surface area contributed by atoms with E-state index in [4.69, 9.17) is 4.42 Å². The first-order chi connectivity index (χ1) is 8.10. The third-order valence-electron chi connectivity index (χ3n) is 1.97. The van der Waals surface area contributed by atoms with Crippen molar-refractivity contribution in [3.63, 3.8) is 0 Å². The lowest BCUT2D eigenvalue weighted by Gasteiger charge is -1.99. The summed E-state index contributed by atoms with van der Waals surface area (Å²) in [5.74, 6) is 0. The highest BCUT2D eigenvalue weighted by Crippen LogP contribution is 2.30. The summed E-state index contributed by atoms with van der Waals surface area (Å²) in [6, 6.07) is 3.50. The fourth-order valence-electron chi connectivity index (χ4n) is 1.32. The third-order valence-corrected chi connectivity index (χ3v) is 3.01. The SMILES string of the molecule is CCNC(=O)Nc1nc2cc(Br)cc(Br)c2o1. The number of benzene rings is 1. The van der Waals surface area contributed by atoms with E-state index in [-0.39, 0.29) is 12.0 Å². The molecule has 0 fully saturated rings. The van der Waals surface area contributed by atoms with Gasteiger partial charge in [-0.1, -0.05) is 15.9 Å². The second kappa shape index (κ2) is 5.05. The fourth-order valence-corrected chi connectivity index (χ4v) is 2.60. The van der Waals surface area contributed by atoms with Gasteiger partial charge < -0.3 is 9.73 Å². The predicted molar refractivity (Wildman–Crippen MR) is 72.1 cm³/mol. The minimum Gasteiger partial charge on any atom is -0.422 e. The molecule has 2 rings (SSSR count). The first-order valence-corrected chi connectivity index (χ1v) is 6.49. The Morgan fingerprint density at radius 3 is 2.94 bits per heavy atom. The van der Waals surface area contributed by atoms with Crippen molar-refractivity contribution in [2.24, 2.45) is 0 Å². The van der Waals surface area contributed by atoms with E-state index in [0.717, 1.165) is 8.95 Å². The quantitative estimate of drug-likeness (QED) is 0.859. The van der Waals surface area contributed by atoms with E-state index < -0.39 is 0 Å². The van der Waals surface area contributed by atoms with Gasteiger partial charge in [-0.2, -0.15) is 4.98 Å². The number of rotatable bonds is 2. The maximum absolute atomic E-state index is 11.3. The topological polar surface area (TPSA) is 67.2 Å². The number of fused-ring (bicyclic) bond motifs is 1. The van der Waals surface area contributed by atoms with Crippen LogP contribution >= 0.6 is 31.9 Å². The zero-order chi connectivity index (χ0) is 12.4. The normalized spacial score (nSPS) is 10.5. The monoisotopic (exact) mass is 361 g/mol. The molecule has 17 heavy (non-hydrogen) atoms. The van der Waals surface area contributed by atoms with Gasteiger partial charge in [0, 0.05) is 11.0 Å². The zero-order valence-corrected chi connectivity index (χ0v) is 12.1. The van der Waals surface area contributed by atoms with Gasteiger partial charge in [-0.25, -0.2) is 4.79 Å². The highest BCUT2D eigenvalue weighted by Gasteiger charge is 2.11. The van der Waals surface area contributed by atoms with E-state index in [2.05, 4.69) is 47.5 Å². The van der Waals surface area contributed by atoms with Crippen molar-refractivity contribution in [2.45, 2.75) is 6.92 Å². The van der Waals surface area contributed by atoms with Crippen LogP contribution in [-0.2, 0) is 0 Å². The van der Waals surface area contributed by atoms with Crippen molar-refractivity contribution in [3.05, 3.63) is 21.1 Å². The molecule has 0 saturated heterocycles. The second-order valence-electron chi connectivity index (χ2n) is 3.24. The molecular weight excluding hydrogens is 354 g/mol. The molecule has 0 aliphatic heterocycles. The van der Waals surface area contributed by atoms with E-state index >= 15 is 0 Å². The lowest BCUT2D eigenvalue weighted by molar-refractivity contribution is 0.252. The summed E-state index contributed by atoms with van der Waals surface area (Å²) in [6.45, 7) is 2.38. The molecule has 0 unspecified atom stereocenters. The smallest absolute Gasteiger partial charge is 0.322 e. The van der Waals surface area contributed by atoms with Crippen molar-refractivity contribution in [2.75, 3.05) is 11.9 Å². The van der Waals surface area contributed by atoms with Crippen LogP contribution in [-0.4, -0.2) is 17.6 Å². The summed E-state index contributed by atoms with van der Waals surface area (Å²) in [7, 11) is 0. The van der Waals surface area contributed by atoms with Crippen LogP contribution in [0.3, 0.4) is 0 Å². The van der Waals surface area contributed by atoms with Gasteiger partial charge in [-0.05, 0) is 35.0 Å². The molecule has 2 amide bonds. The number of aromatic nitrogens is 1. The Morgan fingerprint density at radius 2 is 2.24 bits per heavy atom. The van der Waals surface area contributed by atoms with Crippen LogP contribution in [0.2, 0.25) is 0 Å². The van der Waals surface area contributed by atoms with Crippen molar-refractivity contribution >= 4 is 55.0 Å². The minimum atomic E-state index is -0.339. The number of halogens is 2. The molecule has 2 N–H and O–H groups in total. The van der Waals surface area contributed by atoms with E-state index in [1.807, 2.05) is 19.1 Å². The number of nitrogens with one attached hydrogen (secondary N) is 2. The fraction of sp³-hybridized carbons (Fsp3) is 0.200. The molecule has 7 heteroatoms. The summed E-state index contributed by atoms with van der Waals surface area (Å²) in [4.78, 5) is 15.5. The number of urea groups is 1. The third kappa shape index (κ3) is 2.78. The molecule has 0 aliphatic rings. The molecule has 0 spiro atoms. The van der Waals surface area contributed by atoms with Gasteiger partial charge in [0.2, 0.25) is 0 Å². The molecule has 0 bridgehead atoms. The van der Waals surface area contributed by atoms with Gasteiger partial charge in [0.25, 0.3) is 0 Å². The first kappa shape index (κ1) is 12.4. The first-order valence-electron chi connectivity index (χ1n) is 4.90. The number of hydrogen-bond acceptors (Lipinski definition) is 3. The maximum atomic E-state index is 11.3. The minimum absolute atomic E-state index is 0.171. The Balaban J connectivity index is 2.32. The van der Waals surface area contributed by atoms with Crippen molar-refractivity contribution in [3.8, 4) is 0 Å². The van der Waals surface area contributed by atoms with Crippen LogP contribution in [0.4, 0.5) is 10.8 Å². The average Bonchev–Trinajstić information content (AvgIpc) is 2.60. The zero-order valence-electron chi connectivity index (χ0n) is 8.88. The molecular formula is C10H9Br2N3O2. The van der Waals surface area contributed by atoms with Gasteiger partial charge in [-0.3, -0.25) is 5.32 Å². The number of carbonyl (C=O) groups excluding carboxylic acids is 1. The molecule has 1 aromatic heterocycles. The Labute approximate surface area is 114 Å². The van der Waals surface area contributed by atoms with Gasteiger partial charge in [0.05, 0.1) is 4.47 Å². The number of nitrogens with zero attached hydrogens (tertiary/aromatic N) is 1. The van der Waals surface area contributed by atoms with E-state index in [1.54, 1.807) is 0 Å². The lowest BCUT2D eigenvalue weighted by Crippen LogP contribution is -2.28. The number of oxazole rings is 1. The van der Waals surface area contributed by atoms with E-state index in [9.17, 15) is 4.79 Å². The second-order valence-corrected chi connectivity index (χ2v) is 5.01. The summed E-state index contributed by atoms with van der Waals surface area (Å²) < 4.78 is 7.08. The van der Waals surface area contributed by atoms with Crippen LogP contribution in [0.1, 0.15) is 6.92 Å². The maximum Gasteiger partial charge on any atom is 0.322 e. The Bertz CT molecular complexity index is 568. The molecule has 0 radical (unpaired) electrons. The largest absolute Gasteiger partial charge is 0.422 e. The Morgan fingerprint density at radius 1 is 1.47 bits per heavy atom. The summed E-state index contributed by atoms with van der Waals surface area (Å²) >= 11 is 6.72. The van der Waals surface area contributed by atoms with Gasteiger partial charge in [-0.15, -0.1) is 0 Å². The molecule has 0 saturated carbocycles. The van der Waals surface area contributed by atoms with Crippen molar-refractivity contribution in [1.82, 2.24) is 10.3 Å². The van der Waals surface area contributed by atoms with Gasteiger partial charge in [0.1, 0.15) is 5.52 Å². The number of amides is 2. The molecule has 5 nitrogen and oxygen atoms in total. The predicted octanol–water partition coefficient (Wildman–Crippen LogP) is 3.49. The van der Waals surface area contributed by atoms with Crippen molar-refractivity contribution in [1.29, 1.82) is 0 Å². The summed E-state index contributed by atoms with van der Waals surface area (Å²) in [5, 5.41) is 5.11. The summed E-state index contributed by atoms with van der Waals surface area (Å²) in [6.07, 6.45) is 0. The van der Waals surface area contributed by atoms with Crippen LogP contribution in [0.25, 0.3) is 11.1 Å². The van der Waals surface area contributed by atoms with Crippen LogP contribution in [0.15, 0.2) is 25.5 Å². The molecule has 0 aliphatic carbocycles. The molecule has 90 valence electrons. The Hall–Kier alpha value is -1.08. The van der Waals surface area contributed by atoms with Crippen LogP contribution in [0, 0.1) is 0 Å². The van der Waals surface area contributed by atoms with E-state index in [1.165, 1.54) is 0 Å². The number of carbonyl (C=O) groups is 1. The van der Waals surface area contributed by atoms with Crippen LogP contribution in [0.5, 0.6) is 0 Å². The van der Waals surface area contributed by atoms with E-state index in [0.29, 0.717) is 17.6 Å². The molecule has 0 atom stereocenters. The number of anilines is 1. The highest BCUT2D eigenvalue weighted by molar-refractivity contribution is 9.11. The Kier molecular flexibility index (Phi) is 3.68. The summed E-state index contributed by atoms with van der Waals surface area (Å²) in [5.41, 5.74) is 1.26. The molecule has 2 aromatic rings. The highest BCUT2D eigenvalue weighted by atomic mass is 79.9. The molecule has 1 aromatic carbocycles.